The number of carbonyl (C=O) groups is 3. The van der Waals surface area contributed by atoms with E-state index in [0.29, 0.717) is 17.2 Å². The van der Waals surface area contributed by atoms with Crippen LogP contribution in [0.25, 0.3) is 0 Å². The summed E-state index contributed by atoms with van der Waals surface area (Å²) >= 11 is 0. The topological polar surface area (TPSA) is 102 Å². The van der Waals surface area contributed by atoms with Crippen LogP contribution in [0.3, 0.4) is 0 Å². The van der Waals surface area contributed by atoms with Crippen LogP contribution < -0.4 is 0 Å². The van der Waals surface area contributed by atoms with Crippen molar-refractivity contribution in [2.24, 2.45) is 0 Å². The number of aliphatic hydroxyl groups excluding tert-OH is 1. The lowest BCUT2D eigenvalue weighted by Crippen LogP contribution is -2.28. The Balaban J connectivity index is 2.81. The number of rotatable bonds is 6. The molecule has 1 aromatic rings. The van der Waals surface area contributed by atoms with Gasteiger partial charge in [0.2, 0.25) is 5.76 Å². The van der Waals surface area contributed by atoms with E-state index in [-0.39, 0.29) is 6.54 Å². The molecule has 0 radical (unpaired) electrons. The fraction of sp³-hybridized carbons (Fsp3) is 0.267. The zero-order chi connectivity index (χ0) is 17.4. The molecule has 0 bridgehead atoms. The van der Waals surface area contributed by atoms with Crippen molar-refractivity contribution in [3.05, 3.63) is 47.2 Å². The minimum absolute atomic E-state index is 0.0434. The molecule has 8 heteroatoms. The number of benzene rings is 1. The summed E-state index contributed by atoms with van der Waals surface area (Å²) in [6.45, 7) is 0.0434. The van der Waals surface area contributed by atoms with Crippen molar-refractivity contribution >= 4 is 17.8 Å². The summed E-state index contributed by atoms with van der Waals surface area (Å²) in [4.78, 5) is 39.2. The van der Waals surface area contributed by atoms with Gasteiger partial charge < -0.3 is 14.6 Å². The van der Waals surface area contributed by atoms with Gasteiger partial charge in [0.1, 0.15) is 0 Å². The van der Waals surface area contributed by atoms with Crippen LogP contribution in [-0.4, -0.2) is 49.3 Å². The number of ether oxygens (including phenoxy) is 2. The Bertz CT molecular complexity index is 607. The minimum Gasteiger partial charge on any atom is -0.502 e. The van der Waals surface area contributed by atoms with Crippen LogP contribution >= 0.6 is 0 Å². The second-order valence-corrected chi connectivity index (χ2v) is 4.27. The van der Waals surface area contributed by atoms with E-state index in [1.54, 1.807) is 24.3 Å². The van der Waals surface area contributed by atoms with E-state index in [1.807, 2.05) is 0 Å². The number of hydroxylamine groups is 2. The maximum atomic E-state index is 11.9. The summed E-state index contributed by atoms with van der Waals surface area (Å²) in [6.07, 6.45) is 0.693. The van der Waals surface area contributed by atoms with Gasteiger partial charge in [0.05, 0.1) is 39.5 Å². The van der Waals surface area contributed by atoms with Crippen LogP contribution in [0.2, 0.25) is 0 Å². The Labute approximate surface area is 132 Å². The highest BCUT2D eigenvalue weighted by Crippen LogP contribution is 2.10. The van der Waals surface area contributed by atoms with Crippen molar-refractivity contribution < 1.29 is 33.8 Å². The molecule has 0 atom stereocenters. The van der Waals surface area contributed by atoms with E-state index in [4.69, 9.17) is 4.84 Å². The molecule has 23 heavy (non-hydrogen) atoms. The molecule has 124 valence electrons. The molecule has 0 aliphatic rings. The molecule has 0 aliphatic carbocycles. The Hall–Kier alpha value is -2.87. The molecule has 1 rings (SSSR count). The first kappa shape index (κ1) is 18.2. The quantitative estimate of drug-likeness (QED) is 0.360. The smallest absolute Gasteiger partial charge is 0.373 e. The molecule has 0 aliphatic heterocycles. The van der Waals surface area contributed by atoms with Gasteiger partial charge in [-0.25, -0.2) is 14.7 Å². The number of methoxy groups -OCH3 is 2. The normalized spacial score (nSPS) is 10.8. The number of esters is 2. The Morgan fingerprint density at radius 3 is 2.17 bits per heavy atom. The zero-order valence-electron chi connectivity index (χ0n) is 12.9. The first-order chi connectivity index (χ1) is 10.9. The summed E-state index contributed by atoms with van der Waals surface area (Å²) < 4.78 is 8.86. The number of hydrogen-bond donors (Lipinski definition) is 1. The molecule has 0 heterocycles. The van der Waals surface area contributed by atoms with E-state index in [2.05, 4.69) is 9.47 Å². The molecule has 0 spiro atoms. The van der Waals surface area contributed by atoms with Crippen LogP contribution in [0.15, 0.2) is 36.1 Å². The summed E-state index contributed by atoms with van der Waals surface area (Å²) in [5.41, 5.74) is 1.04. The van der Waals surface area contributed by atoms with E-state index < -0.39 is 23.6 Å². The number of nitrogens with zero attached hydrogens (tertiary/aromatic N) is 1. The van der Waals surface area contributed by atoms with Crippen molar-refractivity contribution in [2.75, 3.05) is 21.3 Å². The molecule has 1 aromatic carbocycles. The van der Waals surface area contributed by atoms with Crippen LogP contribution in [0, 0.1) is 0 Å². The van der Waals surface area contributed by atoms with Gasteiger partial charge in [-0.1, -0.05) is 12.1 Å². The van der Waals surface area contributed by atoms with Crippen molar-refractivity contribution in [1.29, 1.82) is 0 Å². The fourth-order valence-electron chi connectivity index (χ4n) is 1.61. The molecular formula is C15H17NO7. The molecule has 1 amide bonds. The van der Waals surface area contributed by atoms with Gasteiger partial charge in [0.25, 0.3) is 5.91 Å². The Kier molecular flexibility index (Phi) is 6.75. The maximum absolute atomic E-state index is 11.9. The lowest BCUT2D eigenvalue weighted by Gasteiger charge is -2.18. The molecule has 0 unspecified atom stereocenters. The molecule has 0 aromatic heterocycles. The predicted molar refractivity (Wildman–Crippen MR) is 78.1 cm³/mol. The van der Waals surface area contributed by atoms with Crippen molar-refractivity contribution in [3.8, 4) is 0 Å². The molecule has 8 nitrogen and oxygen atoms in total. The highest BCUT2D eigenvalue weighted by atomic mass is 16.7. The van der Waals surface area contributed by atoms with Gasteiger partial charge in [-0.15, -0.1) is 0 Å². The highest BCUT2D eigenvalue weighted by Gasteiger charge is 2.16. The lowest BCUT2D eigenvalue weighted by atomic mass is 10.1. The Morgan fingerprint density at radius 2 is 1.70 bits per heavy atom. The van der Waals surface area contributed by atoms with Crippen LogP contribution in [0.5, 0.6) is 0 Å². The monoisotopic (exact) mass is 323 g/mol. The van der Waals surface area contributed by atoms with Crippen molar-refractivity contribution in [1.82, 2.24) is 5.06 Å². The van der Waals surface area contributed by atoms with Crippen molar-refractivity contribution in [3.63, 3.8) is 0 Å². The summed E-state index contributed by atoms with van der Waals surface area (Å²) in [6, 6.07) is 6.33. The van der Waals surface area contributed by atoms with Gasteiger partial charge >= 0.3 is 11.9 Å². The molecule has 0 saturated heterocycles. The van der Waals surface area contributed by atoms with E-state index in [1.165, 1.54) is 14.2 Å². The third kappa shape index (κ3) is 5.11. The number of aliphatic hydroxyl groups is 1. The van der Waals surface area contributed by atoms with Gasteiger partial charge in [-0.05, 0) is 17.7 Å². The van der Waals surface area contributed by atoms with Crippen LogP contribution in [0.1, 0.15) is 15.9 Å². The average molecular weight is 323 g/mol. The van der Waals surface area contributed by atoms with Gasteiger partial charge in [0, 0.05) is 0 Å². The summed E-state index contributed by atoms with van der Waals surface area (Å²) in [7, 11) is 3.62. The first-order valence-electron chi connectivity index (χ1n) is 6.44. The highest BCUT2D eigenvalue weighted by molar-refractivity contribution is 5.96. The number of carbonyl (C=O) groups excluding carboxylic acids is 3. The Morgan fingerprint density at radius 1 is 1.09 bits per heavy atom. The molecule has 0 saturated carbocycles. The second kappa shape index (κ2) is 8.54. The first-order valence-corrected chi connectivity index (χ1v) is 6.44. The van der Waals surface area contributed by atoms with Crippen molar-refractivity contribution in [2.45, 2.75) is 6.54 Å². The van der Waals surface area contributed by atoms with E-state index in [9.17, 15) is 19.5 Å². The SMILES string of the molecule is COC(=O)/C(O)=C/C(=O)N(Cc1ccc(C(=O)OC)cc1)OC. The zero-order valence-corrected chi connectivity index (χ0v) is 12.9. The standard InChI is InChI=1S/C15H17NO7/c1-21-14(19)11-6-4-10(5-7-11)9-16(23-3)13(18)8-12(17)15(20)22-2/h4-8,17H,9H2,1-3H3/b12-8-. The second-order valence-electron chi connectivity index (χ2n) is 4.27. The van der Waals surface area contributed by atoms with Crippen LogP contribution in [-0.2, 0) is 30.4 Å². The number of amides is 1. The lowest BCUT2D eigenvalue weighted by molar-refractivity contribution is -0.173. The summed E-state index contributed by atoms with van der Waals surface area (Å²) in [5, 5.41) is 10.3. The maximum Gasteiger partial charge on any atom is 0.373 e. The molecule has 1 N–H and O–H groups in total. The van der Waals surface area contributed by atoms with E-state index >= 15 is 0 Å². The third-order valence-electron chi connectivity index (χ3n) is 2.82. The number of hydrogen-bond acceptors (Lipinski definition) is 7. The van der Waals surface area contributed by atoms with E-state index in [0.717, 1.165) is 12.2 Å². The van der Waals surface area contributed by atoms with Gasteiger partial charge in [-0.3, -0.25) is 9.63 Å². The largest absolute Gasteiger partial charge is 0.502 e. The fourth-order valence-corrected chi connectivity index (χ4v) is 1.61. The summed E-state index contributed by atoms with van der Waals surface area (Å²) in [5.74, 6) is -3.08. The molecular weight excluding hydrogens is 306 g/mol. The average Bonchev–Trinajstić information content (AvgIpc) is 2.58. The minimum atomic E-state index is -1.03. The van der Waals surface area contributed by atoms with Gasteiger partial charge in [-0.2, -0.15) is 0 Å². The van der Waals surface area contributed by atoms with Crippen LogP contribution in [0.4, 0.5) is 0 Å². The molecule has 0 fully saturated rings. The predicted octanol–water partition coefficient (Wildman–Crippen LogP) is 0.978. The third-order valence-corrected chi connectivity index (χ3v) is 2.82. The van der Waals surface area contributed by atoms with Gasteiger partial charge in [0.15, 0.2) is 0 Å².